The Hall–Kier alpha value is -2.42. The molecule has 1 aliphatic rings. The van der Waals surface area contributed by atoms with Crippen LogP contribution in [0.3, 0.4) is 0 Å². The number of nitriles is 1. The van der Waals surface area contributed by atoms with E-state index in [-0.39, 0.29) is 22.8 Å². The van der Waals surface area contributed by atoms with Crippen LogP contribution in [0, 0.1) is 24.2 Å². The third-order valence-electron chi connectivity index (χ3n) is 4.04. The van der Waals surface area contributed by atoms with Gasteiger partial charge in [0.1, 0.15) is 6.07 Å². The normalized spacial score (nSPS) is 15.0. The molecule has 3 rings (SSSR count). The second-order valence-corrected chi connectivity index (χ2v) is 6.13. The fraction of sp³-hybridized carbons (Fsp3) is 0.467. The second kappa shape index (κ2) is 4.55. The van der Waals surface area contributed by atoms with Crippen LogP contribution in [0.15, 0.2) is 12.4 Å². The first-order valence-corrected chi connectivity index (χ1v) is 6.99. The molecular formula is C15H17N5O. The number of rotatable bonds is 3. The summed E-state index contributed by atoms with van der Waals surface area (Å²) in [6, 6.07) is 1.99. The summed E-state index contributed by atoms with van der Waals surface area (Å²) in [4.78, 5) is 20.9. The third kappa shape index (κ3) is 2.35. The maximum atomic E-state index is 12.5. The summed E-state index contributed by atoms with van der Waals surface area (Å²) in [6.07, 6.45) is 5.53. The predicted molar refractivity (Wildman–Crippen MR) is 76.7 cm³/mol. The molecule has 6 nitrogen and oxygen atoms in total. The number of carbonyl (C=O) groups is 1. The molecule has 2 aromatic rings. The van der Waals surface area contributed by atoms with Gasteiger partial charge in [0.05, 0.1) is 0 Å². The van der Waals surface area contributed by atoms with E-state index in [2.05, 4.69) is 15.3 Å². The van der Waals surface area contributed by atoms with Crippen molar-refractivity contribution < 1.29 is 4.79 Å². The highest BCUT2D eigenvalue weighted by Crippen LogP contribution is 2.39. The summed E-state index contributed by atoms with van der Waals surface area (Å²) in [5.41, 5.74) is 1.55. The number of fused-ring (bicyclic) bond motifs is 1. The van der Waals surface area contributed by atoms with Crippen molar-refractivity contribution in [2.24, 2.45) is 5.92 Å². The Balaban J connectivity index is 2.00. The molecule has 0 saturated heterocycles. The van der Waals surface area contributed by atoms with E-state index < -0.39 is 0 Å². The maximum Gasteiger partial charge on any atom is 0.274 e. The standard InChI is InChI=1S/C15H17N5O/c1-9-7-17-12(13-18-11(6-16)8-20(9)13)14(21)19-15(2,3)10-4-5-10/h7-8,10H,4-5H2,1-3H3,(H,19,21). The lowest BCUT2D eigenvalue weighted by molar-refractivity contribution is 0.0899. The Morgan fingerprint density at radius 2 is 2.24 bits per heavy atom. The van der Waals surface area contributed by atoms with Crippen LogP contribution in [0.25, 0.3) is 5.65 Å². The van der Waals surface area contributed by atoms with Gasteiger partial charge < -0.3 is 5.32 Å². The largest absolute Gasteiger partial charge is 0.345 e. The van der Waals surface area contributed by atoms with Crippen LogP contribution >= 0.6 is 0 Å². The molecule has 0 atom stereocenters. The minimum atomic E-state index is -0.245. The Bertz CT molecular complexity index is 764. The number of nitrogens with one attached hydrogen (secondary N) is 1. The molecule has 1 saturated carbocycles. The maximum absolute atomic E-state index is 12.5. The molecule has 0 bridgehead atoms. The smallest absolute Gasteiger partial charge is 0.274 e. The molecule has 0 aliphatic heterocycles. The molecule has 1 N–H and O–H groups in total. The molecule has 1 aliphatic carbocycles. The van der Waals surface area contributed by atoms with Crippen LogP contribution in [0.4, 0.5) is 0 Å². The fourth-order valence-electron chi connectivity index (χ4n) is 2.57. The minimum Gasteiger partial charge on any atom is -0.345 e. The number of amides is 1. The van der Waals surface area contributed by atoms with Crippen LogP contribution < -0.4 is 5.32 Å². The monoisotopic (exact) mass is 283 g/mol. The topological polar surface area (TPSA) is 83.1 Å². The van der Waals surface area contributed by atoms with Gasteiger partial charge in [0.25, 0.3) is 5.91 Å². The molecule has 0 spiro atoms. The summed E-state index contributed by atoms with van der Waals surface area (Å²) < 4.78 is 1.73. The first kappa shape index (κ1) is 13.6. The summed E-state index contributed by atoms with van der Waals surface area (Å²) in [5, 5.41) is 12.0. The van der Waals surface area contributed by atoms with Crippen molar-refractivity contribution in [2.45, 2.75) is 39.2 Å². The summed E-state index contributed by atoms with van der Waals surface area (Å²) in [5.74, 6) is 0.282. The molecule has 1 fully saturated rings. The number of hydrogen-bond acceptors (Lipinski definition) is 4. The molecule has 0 aromatic carbocycles. The van der Waals surface area contributed by atoms with Crippen LogP contribution in [-0.4, -0.2) is 25.8 Å². The highest BCUT2D eigenvalue weighted by molar-refractivity contribution is 5.98. The molecule has 21 heavy (non-hydrogen) atoms. The van der Waals surface area contributed by atoms with Gasteiger partial charge in [-0.05, 0) is 39.5 Å². The lowest BCUT2D eigenvalue weighted by atomic mass is 9.98. The fourth-order valence-corrected chi connectivity index (χ4v) is 2.57. The van der Waals surface area contributed by atoms with Gasteiger partial charge in [-0.1, -0.05) is 0 Å². The number of imidazole rings is 1. The van der Waals surface area contributed by atoms with E-state index in [0.717, 1.165) is 18.5 Å². The average Bonchev–Trinajstić information content (AvgIpc) is 3.19. The van der Waals surface area contributed by atoms with Crippen molar-refractivity contribution >= 4 is 11.6 Å². The van der Waals surface area contributed by atoms with Crippen molar-refractivity contribution in [1.82, 2.24) is 19.7 Å². The third-order valence-corrected chi connectivity index (χ3v) is 4.04. The van der Waals surface area contributed by atoms with Crippen molar-refractivity contribution in [3.05, 3.63) is 29.5 Å². The highest BCUT2D eigenvalue weighted by Gasteiger charge is 2.39. The second-order valence-electron chi connectivity index (χ2n) is 6.13. The SMILES string of the molecule is Cc1cnc(C(=O)NC(C)(C)C2CC2)c2nc(C#N)cn12. The van der Waals surface area contributed by atoms with Gasteiger partial charge in [0.15, 0.2) is 17.0 Å². The van der Waals surface area contributed by atoms with Crippen molar-refractivity contribution in [3.63, 3.8) is 0 Å². The number of nitrogens with zero attached hydrogens (tertiary/aromatic N) is 4. The molecule has 6 heteroatoms. The van der Waals surface area contributed by atoms with E-state index in [4.69, 9.17) is 5.26 Å². The number of carbonyl (C=O) groups excluding carboxylic acids is 1. The zero-order valence-electron chi connectivity index (χ0n) is 12.3. The van der Waals surface area contributed by atoms with Crippen molar-refractivity contribution in [3.8, 4) is 6.07 Å². The molecule has 0 radical (unpaired) electrons. The molecule has 1 amide bonds. The number of hydrogen-bond donors (Lipinski definition) is 1. The van der Waals surface area contributed by atoms with Gasteiger partial charge >= 0.3 is 0 Å². The zero-order valence-corrected chi connectivity index (χ0v) is 12.3. The van der Waals surface area contributed by atoms with E-state index in [0.29, 0.717) is 11.6 Å². The first-order chi connectivity index (χ1) is 9.92. The average molecular weight is 283 g/mol. The summed E-state index contributed by atoms with van der Waals surface area (Å²) in [7, 11) is 0. The Kier molecular flexibility index (Phi) is 2.94. The van der Waals surface area contributed by atoms with Gasteiger partial charge in [-0.15, -0.1) is 0 Å². The van der Waals surface area contributed by atoms with Crippen molar-refractivity contribution in [1.29, 1.82) is 5.26 Å². The first-order valence-electron chi connectivity index (χ1n) is 6.99. The quantitative estimate of drug-likeness (QED) is 0.931. The molecule has 2 aromatic heterocycles. The number of aryl methyl sites for hydroxylation is 1. The molecule has 108 valence electrons. The molecular weight excluding hydrogens is 266 g/mol. The van der Waals surface area contributed by atoms with E-state index in [1.807, 2.05) is 26.8 Å². The van der Waals surface area contributed by atoms with Crippen molar-refractivity contribution in [2.75, 3.05) is 0 Å². The van der Waals surface area contributed by atoms with Crippen LogP contribution in [0.5, 0.6) is 0 Å². The molecule has 2 heterocycles. The van der Waals surface area contributed by atoms with Gasteiger partial charge in [-0.3, -0.25) is 9.20 Å². The van der Waals surface area contributed by atoms with E-state index >= 15 is 0 Å². The van der Waals surface area contributed by atoms with E-state index in [1.165, 1.54) is 0 Å². The molecule has 0 unspecified atom stereocenters. The van der Waals surface area contributed by atoms with Crippen LogP contribution in [0.2, 0.25) is 0 Å². The number of aromatic nitrogens is 3. The lowest BCUT2D eigenvalue weighted by Crippen LogP contribution is -2.45. The Morgan fingerprint density at radius 1 is 1.52 bits per heavy atom. The lowest BCUT2D eigenvalue weighted by Gasteiger charge is -2.25. The van der Waals surface area contributed by atoms with Gasteiger partial charge in [-0.2, -0.15) is 5.26 Å². The zero-order chi connectivity index (χ0) is 15.2. The predicted octanol–water partition coefficient (Wildman–Crippen LogP) is 1.83. The Morgan fingerprint density at radius 3 is 2.86 bits per heavy atom. The summed E-state index contributed by atoms with van der Waals surface area (Å²) >= 11 is 0. The van der Waals surface area contributed by atoms with Gasteiger partial charge in [-0.25, -0.2) is 9.97 Å². The Labute approximate surface area is 122 Å². The van der Waals surface area contributed by atoms with E-state index in [1.54, 1.807) is 16.8 Å². The van der Waals surface area contributed by atoms with Gasteiger partial charge in [0.2, 0.25) is 0 Å². The highest BCUT2D eigenvalue weighted by atomic mass is 16.2. The van der Waals surface area contributed by atoms with Gasteiger partial charge in [0, 0.05) is 23.6 Å². The van der Waals surface area contributed by atoms with E-state index in [9.17, 15) is 4.79 Å². The minimum absolute atomic E-state index is 0.244. The van der Waals surface area contributed by atoms with Crippen LogP contribution in [-0.2, 0) is 0 Å². The van der Waals surface area contributed by atoms with Crippen LogP contribution in [0.1, 0.15) is 48.6 Å². The summed E-state index contributed by atoms with van der Waals surface area (Å²) in [6.45, 7) is 5.92.